The maximum Gasteiger partial charge on any atom is 0.169 e. The molecule has 1 aromatic carbocycles. The monoisotopic (exact) mass is 342 g/mol. The van der Waals surface area contributed by atoms with E-state index < -0.39 is 9.84 Å². The van der Waals surface area contributed by atoms with Crippen LogP contribution >= 0.6 is 12.2 Å². The zero-order valence-electron chi connectivity index (χ0n) is 12.2. The van der Waals surface area contributed by atoms with Gasteiger partial charge < -0.3 is 10.2 Å². The first-order valence-corrected chi connectivity index (χ1v) is 9.25. The van der Waals surface area contributed by atoms with Crippen molar-refractivity contribution in [1.29, 1.82) is 0 Å². The van der Waals surface area contributed by atoms with Crippen LogP contribution < -0.4 is 5.32 Å². The summed E-state index contributed by atoms with van der Waals surface area (Å²) in [6.07, 6.45) is 2.17. The highest BCUT2D eigenvalue weighted by Gasteiger charge is 2.33. The molecule has 1 fully saturated rings. The zero-order valence-corrected chi connectivity index (χ0v) is 13.8. The van der Waals surface area contributed by atoms with Crippen molar-refractivity contribution < 1.29 is 12.8 Å². The topological polar surface area (TPSA) is 49.4 Å². The van der Waals surface area contributed by atoms with E-state index in [1.165, 1.54) is 6.07 Å². The van der Waals surface area contributed by atoms with Gasteiger partial charge in [-0.25, -0.2) is 12.8 Å². The summed E-state index contributed by atoms with van der Waals surface area (Å²) in [5, 5.41) is 3.42. The van der Waals surface area contributed by atoms with Crippen molar-refractivity contribution in [2.45, 2.75) is 19.0 Å². The molecule has 1 atom stereocenters. The molecule has 1 aliphatic rings. The maximum absolute atomic E-state index is 13.9. The number of hydrogen-bond donors (Lipinski definition) is 1. The van der Waals surface area contributed by atoms with Crippen molar-refractivity contribution in [3.8, 4) is 0 Å². The summed E-state index contributed by atoms with van der Waals surface area (Å²) in [6, 6.07) is 6.22. The molecule has 22 heavy (non-hydrogen) atoms. The van der Waals surface area contributed by atoms with E-state index in [1.54, 1.807) is 29.2 Å². The normalized spacial score (nSPS) is 19.6. The summed E-state index contributed by atoms with van der Waals surface area (Å²) in [5.41, 5.74) is 0.495. The fourth-order valence-corrected chi connectivity index (χ4v) is 4.49. The standard InChI is InChI=1S/C15H19FN2O2S2/c1-2-8-17-15(21)18(13-7-9-22(19,20)11-13)10-12-5-3-4-6-14(12)16/h2-6,13H,1,7-11H2,(H,17,21)/t13-/m1/s1. The molecule has 4 nitrogen and oxygen atoms in total. The van der Waals surface area contributed by atoms with Crippen LogP contribution in [0.15, 0.2) is 36.9 Å². The minimum absolute atomic E-state index is 0.0529. The van der Waals surface area contributed by atoms with Gasteiger partial charge in [-0.2, -0.15) is 0 Å². The van der Waals surface area contributed by atoms with Gasteiger partial charge in [-0.1, -0.05) is 24.3 Å². The summed E-state index contributed by atoms with van der Waals surface area (Å²) in [4.78, 5) is 1.77. The lowest BCUT2D eigenvalue weighted by molar-refractivity contribution is 0.319. The van der Waals surface area contributed by atoms with Gasteiger partial charge in [0.2, 0.25) is 0 Å². The Morgan fingerprint density at radius 1 is 1.50 bits per heavy atom. The molecule has 0 radical (unpaired) electrons. The van der Waals surface area contributed by atoms with Gasteiger partial charge >= 0.3 is 0 Å². The summed E-state index contributed by atoms with van der Waals surface area (Å²) in [6.45, 7) is 4.34. The van der Waals surface area contributed by atoms with Crippen LogP contribution in [0.4, 0.5) is 4.39 Å². The Bertz CT molecular complexity index is 661. The molecule has 0 aromatic heterocycles. The van der Waals surface area contributed by atoms with E-state index in [1.807, 2.05) is 0 Å². The zero-order chi connectivity index (χ0) is 16.2. The molecule has 120 valence electrons. The third-order valence-electron chi connectivity index (χ3n) is 3.61. The van der Waals surface area contributed by atoms with E-state index in [9.17, 15) is 12.8 Å². The van der Waals surface area contributed by atoms with Gasteiger partial charge in [-0.3, -0.25) is 0 Å². The Morgan fingerprint density at radius 3 is 2.82 bits per heavy atom. The Labute approximate surface area is 135 Å². The van der Waals surface area contributed by atoms with Crippen LogP contribution in [-0.4, -0.2) is 42.5 Å². The molecule has 0 saturated carbocycles. The van der Waals surface area contributed by atoms with Crippen LogP contribution in [0.25, 0.3) is 0 Å². The van der Waals surface area contributed by atoms with Crippen molar-refractivity contribution in [1.82, 2.24) is 10.2 Å². The highest BCUT2D eigenvalue weighted by atomic mass is 32.2. The highest BCUT2D eigenvalue weighted by Crippen LogP contribution is 2.21. The molecule has 0 spiro atoms. The molecule has 1 aliphatic heterocycles. The minimum Gasteiger partial charge on any atom is -0.359 e. The fourth-order valence-electron chi connectivity index (χ4n) is 2.46. The first-order chi connectivity index (χ1) is 10.4. The second kappa shape index (κ2) is 7.19. The van der Waals surface area contributed by atoms with Crippen LogP contribution in [0.1, 0.15) is 12.0 Å². The molecule has 1 aromatic rings. The molecule has 1 saturated heterocycles. The average molecular weight is 342 g/mol. The lowest BCUT2D eigenvalue weighted by Gasteiger charge is -2.31. The van der Waals surface area contributed by atoms with Crippen molar-refractivity contribution in [2.24, 2.45) is 0 Å². The van der Waals surface area contributed by atoms with E-state index in [-0.39, 0.29) is 29.9 Å². The van der Waals surface area contributed by atoms with Crippen molar-refractivity contribution >= 4 is 27.2 Å². The van der Waals surface area contributed by atoms with Crippen LogP contribution in [0.3, 0.4) is 0 Å². The third-order valence-corrected chi connectivity index (χ3v) is 5.74. The van der Waals surface area contributed by atoms with Crippen molar-refractivity contribution in [3.63, 3.8) is 0 Å². The van der Waals surface area contributed by atoms with Gasteiger partial charge in [-0.15, -0.1) is 6.58 Å². The number of rotatable bonds is 5. The number of hydrogen-bond acceptors (Lipinski definition) is 3. The molecular weight excluding hydrogens is 323 g/mol. The fraction of sp³-hybridized carbons (Fsp3) is 0.400. The number of thiocarbonyl (C=S) groups is 1. The van der Waals surface area contributed by atoms with Crippen molar-refractivity contribution in [3.05, 3.63) is 48.3 Å². The first kappa shape index (κ1) is 16.9. The Morgan fingerprint density at radius 2 is 2.23 bits per heavy atom. The third kappa shape index (κ3) is 4.27. The SMILES string of the molecule is C=CCNC(=S)N(Cc1ccccc1F)[C@@H]1CCS(=O)(=O)C1. The lowest BCUT2D eigenvalue weighted by atomic mass is 10.1. The maximum atomic E-state index is 13.9. The van der Waals surface area contributed by atoms with Gasteiger partial charge in [0.1, 0.15) is 5.82 Å². The molecule has 0 bridgehead atoms. The number of halogens is 1. The van der Waals surface area contributed by atoms with E-state index in [2.05, 4.69) is 11.9 Å². The molecule has 7 heteroatoms. The summed E-state index contributed by atoms with van der Waals surface area (Å²) in [7, 11) is -3.04. The quantitative estimate of drug-likeness (QED) is 0.654. The largest absolute Gasteiger partial charge is 0.359 e. The van der Waals surface area contributed by atoms with Gasteiger partial charge in [0.25, 0.3) is 0 Å². The molecule has 2 rings (SSSR count). The predicted octanol–water partition coefficient (Wildman–Crippen LogP) is 1.88. The van der Waals surface area contributed by atoms with E-state index in [0.29, 0.717) is 23.6 Å². The van der Waals surface area contributed by atoms with Crippen LogP contribution in [0, 0.1) is 5.82 Å². The predicted molar refractivity (Wildman–Crippen MR) is 89.8 cm³/mol. The molecule has 0 unspecified atom stereocenters. The number of nitrogens with zero attached hydrogens (tertiary/aromatic N) is 1. The minimum atomic E-state index is -3.04. The van der Waals surface area contributed by atoms with Crippen molar-refractivity contribution in [2.75, 3.05) is 18.1 Å². The molecule has 1 heterocycles. The highest BCUT2D eigenvalue weighted by molar-refractivity contribution is 7.91. The Kier molecular flexibility index (Phi) is 5.52. The number of benzene rings is 1. The van der Waals surface area contributed by atoms with Crippen LogP contribution in [0.2, 0.25) is 0 Å². The van der Waals surface area contributed by atoms with Gasteiger partial charge in [0, 0.05) is 24.7 Å². The number of nitrogens with one attached hydrogen (secondary N) is 1. The van der Waals surface area contributed by atoms with Crippen LogP contribution in [0.5, 0.6) is 0 Å². The second-order valence-corrected chi connectivity index (χ2v) is 7.87. The summed E-state index contributed by atoms with van der Waals surface area (Å²) < 4.78 is 37.3. The van der Waals surface area contributed by atoms with E-state index >= 15 is 0 Å². The summed E-state index contributed by atoms with van der Waals surface area (Å²) >= 11 is 5.34. The Balaban J connectivity index is 2.20. The second-order valence-electron chi connectivity index (χ2n) is 5.25. The van der Waals surface area contributed by atoms with Gasteiger partial charge in [-0.05, 0) is 24.7 Å². The van der Waals surface area contributed by atoms with Gasteiger partial charge in [0.15, 0.2) is 14.9 Å². The van der Waals surface area contributed by atoms with E-state index in [0.717, 1.165) is 0 Å². The van der Waals surface area contributed by atoms with Crippen LogP contribution in [-0.2, 0) is 16.4 Å². The average Bonchev–Trinajstić information content (AvgIpc) is 2.83. The molecule has 1 N–H and O–H groups in total. The van der Waals surface area contributed by atoms with E-state index in [4.69, 9.17) is 12.2 Å². The summed E-state index contributed by atoms with van der Waals surface area (Å²) in [5.74, 6) is -0.118. The van der Waals surface area contributed by atoms with Gasteiger partial charge in [0.05, 0.1) is 11.5 Å². The lowest BCUT2D eigenvalue weighted by Crippen LogP contribution is -2.46. The molecule has 0 amide bonds. The first-order valence-electron chi connectivity index (χ1n) is 7.02. The molecular formula is C15H19FN2O2S2. The number of sulfone groups is 1. The smallest absolute Gasteiger partial charge is 0.169 e. The Hall–Kier alpha value is -1.47. The molecule has 0 aliphatic carbocycles.